The topological polar surface area (TPSA) is 59.1 Å². The Labute approximate surface area is 77.6 Å². The third-order valence-corrected chi connectivity index (χ3v) is 2.61. The van der Waals surface area contributed by atoms with Crippen LogP contribution in [-0.2, 0) is 5.60 Å². The monoisotopic (exact) mass is 178 g/mol. The predicted molar refractivity (Wildman–Crippen MR) is 50.1 cm³/mol. The smallest absolute Gasteiger partial charge is 0.0941 e. The lowest BCUT2D eigenvalue weighted by Gasteiger charge is -2.41. The number of rotatable bonds is 1. The van der Waals surface area contributed by atoms with Gasteiger partial charge >= 0.3 is 0 Å². The summed E-state index contributed by atoms with van der Waals surface area (Å²) in [5.41, 5.74) is 6.91. The molecule has 3 heteroatoms. The van der Waals surface area contributed by atoms with Crippen molar-refractivity contribution < 1.29 is 5.11 Å². The Balaban J connectivity index is 2.26. The quantitative estimate of drug-likeness (QED) is 0.665. The lowest BCUT2D eigenvalue weighted by Crippen LogP contribution is -2.49. The van der Waals surface area contributed by atoms with Crippen LogP contribution < -0.4 is 5.73 Å². The molecule has 1 saturated carbocycles. The highest BCUT2D eigenvalue weighted by molar-refractivity contribution is 5.26. The highest BCUT2D eigenvalue weighted by atomic mass is 16.3. The van der Waals surface area contributed by atoms with Crippen molar-refractivity contribution in [3.8, 4) is 0 Å². The number of aromatic nitrogens is 1. The van der Waals surface area contributed by atoms with Crippen molar-refractivity contribution in [1.82, 2.24) is 4.98 Å². The van der Waals surface area contributed by atoms with Crippen LogP contribution in [0.5, 0.6) is 0 Å². The summed E-state index contributed by atoms with van der Waals surface area (Å²) in [6.07, 6.45) is 4.81. The van der Waals surface area contributed by atoms with Crippen LogP contribution in [0.1, 0.15) is 24.0 Å². The first-order valence-corrected chi connectivity index (χ1v) is 4.50. The molecule has 1 fully saturated rings. The van der Waals surface area contributed by atoms with Crippen LogP contribution in [0.3, 0.4) is 0 Å². The van der Waals surface area contributed by atoms with Crippen LogP contribution in [0, 0.1) is 6.92 Å². The molecule has 70 valence electrons. The second-order valence-electron chi connectivity index (χ2n) is 3.95. The zero-order valence-electron chi connectivity index (χ0n) is 7.70. The third kappa shape index (κ3) is 1.45. The van der Waals surface area contributed by atoms with Gasteiger partial charge in [0, 0.05) is 24.0 Å². The van der Waals surface area contributed by atoms with Gasteiger partial charge in [0.15, 0.2) is 0 Å². The fourth-order valence-corrected chi connectivity index (χ4v) is 1.85. The summed E-state index contributed by atoms with van der Waals surface area (Å²) < 4.78 is 0. The Kier molecular flexibility index (Phi) is 1.86. The summed E-state index contributed by atoms with van der Waals surface area (Å²) in [5, 5.41) is 10.1. The van der Waals surface area contributed by atoms with Gasteiger partial charge in [0.25, 0.3) is 0 Å². The standard InChI is InChI=1S/C10H14N2O/c1-7-2-8(6-12-5-7)10(13)3-9(11)4-10/h2,5-6,9,13H,3-4,11H2,1H3. The Morgan fingerprint density at radius 1 is 1.54 bits per heavy atom. The van der Waals surface area contributed by atoms with Gasteiger partial charge in [-0.25, -0.2) is 0 Å². The van der Waals surface area contributed by atoms with E-state index in [2.05, 4.69) is 4.98 Å². The van der Waals surface area contributed by atoms with Crippen molar-refractivity contribution in [3.05, 3.63) is 29.6 Å². The van der Waals surface area contributed by atoms with E-state index in [4.69, 9.17) is 5.73 Å². The van der Waals surface area contributed by atoms with Gasteiger partial charge in [-0.2, -0.15) is 0 Å². The molecular weight excluding hydrogens is 164 g/mol. The van der Waals surface area contributed by atoms with Gasteiger partial charge in [-0.1, -0.05) is 6.07 Å². The summed E-state index contributed by atoms with van der Waals surface area (Å²) in [5.74, 6) is 0. The minimum atomic E-state index is -0.710. The molecule has 3 nitrogen and oxygen atoms in total. The molecule has 0 aliphatic heterocycles. The minimum absolute atomic E-state index is 0.144. The van der Waals surface area contributed by atoms with Crippen molar-refractivity contribution in [2.75, 3.05) is 0 Å². The summed E-state index contributed by atoms with van der Waals surface area (Å²) >= 11 is 0. The number of pyridine rings is 1. The number of nitrogens with zero attached hydrogens (tertiary/aromatic N) is 1. The molecule has 3 N–H and O–H groups in total. The zero-order valence-corrected chi connectivity index (χ0v) is 7.70. The molecule has 2 rings (SSSR count). The summed E-state index contributed by atoms with van der Waals surface area (Å²) in [4.78, 5) is 4.06. The van der Waals surface area contributed by atoms with Gasteiger partial charge < -0.3 is 10.8 Å². The number of aliphatic hydroxyl groups is 1. The van der Waals surface area contributed by atoms with E-state index < -0.39 is 5.60 Å². The average Bonchev–Trinajstić information content (AvgIpc) is 2.02. The number of hydrogen-bond donors (Lipinski definition) is 2. The van der Waals surface area contributed by atoms with E-state index in [1.54, 1.807) is 12.4 Å². The number of nitrogens with two attached hydrogens (primary N) is 1. The van der Waals surface area contributed by atoms with Crippen LogP contribution in [0.2, 0.25) is 0 Å². The largest absolute Gasteiger partial charge is 0.385 e. The second kappa shape index (κ2) is 2.79. The first-order valence-electron chi connectivity index (χ1n) is 4.50. The maximum Gasteiger partial charge on any atom is 0.0941 e. The van der Waals surface area contributed by atoms with E-state index in [-0.39, 0.29) is 6.04 Å². The zero-order chi connectivity index (χ0) is 9.47. The van der Waals surface area contributed by atoms with Gasteiger partial charge in [0.1, 0.15) is 0 Å². The molecule has 0 spiro atoms. The molecule has 1 aliphatic carbocycles. The Hall–Kier alpha value is -0.930. The van der Waals surface area contributed by atoms with Crippen LogP contribution in [0.4, 0.5) is 0 Å². The maximum atomic E-state index is 10.1. The van der Waals surface area contributed by atoms with Crippen LogP contribution in [-0.4, -0.2) is 16.1 Å². The number of hydrogen-bond acceptors (Lipinski definition) is 3. The van der Waals surface area contributed by atoms with Gasteiger partial charge in [-0.05, 0) is 25.3 Å². The van der Waals surface area contributed by atoms with E-state index in [0.717, 1.165) is 11.1 Å². The average molecular weight is 178 g/mol. The Morgan fingerprint density at radius 2 is 2.23 bits per heavy atom. The molecule has 1 aromatic heterocycles. The van der Waals surface area contributed by atoms with E-state index in [9.17, 15) is 5.11 Å². The van der Waals surface area contributed by atoms with Crippen LogP contribution in [0.15, 0.2) is 18.5 Å². The number of aryl methyl sites for hydroxylation is 1. The van der Waals surface area contributed by atoms with Crippen molar-refractivity contribution in [1.29, 1.82) is 0 Å². The Morgan fingerprint density at radius 3 is 2.77 bits per heavy atom. The second-order valence-corrected chi connectivity index (χ2v) is 3.95. The lowest BCUT2D eigenvalue weighted by molar-refractivity contribution is -0.0525. The highest BCUT2D eigenvalue weighted by Gasteiger charge is 2.42. The van der Waals surface area contributed by atoms with E-state index >= 15 is 0 Å². The first kappa shape index (κ1) is 8.66. The SMILES string of the molecule is Cc1cncc(C2(O)CC(N)C2)c1. The van der Waals surface area contributed by atoms with Crippen molar-refractivity contribution >= 4 is 0 Å². The third-order valence-electron chi connectivity index (χ3n) is 2.61. The van der Waals surface area contributed by atoms with Gasteiger partial charge in [0.2, 0.25) is 0 Å². The molecule has 1 aromatic rings. The fraction of sp³-hybridized carbons (Fsp3) is 0.500. The van der Waals surface area contributed by atoms with Gasteiger partial charge in [-0.3, -0.25) is 4.98 Å². The summed E-state index contributed by atoms with van der Waals surface area (Å²) in [6, 6.07) is 2.12. The van der Waals surface area contributed by atoms with E-state index in [1.807, 2.05) is 13.0 Å². The van der Waals surface area contributed by atoms with Crippen molar-refractivity contribution in [2.45, 2.75) is 31.4 Å². The molecule has 0 saturated heterocycles. The summed E-state index contributed by atoms with van der Waals surface area (Å²) in [6.45, 7) is 1.97. The molecule has 0 unspecified atom stereocenters. The molecule has 1 heterocycles. The molecule has 0 amide bonds. The summed E-state index contributed by atoms with van der Waals surface area (Å²) in [7, 11) is 0. The van der Waals surface area contributed by atoms with Gasteiger partial charge in [0.05, 0.1) is 5.60 Å². The molecule has 13 heavy (non-hydrogen) atoms. The molecule has 0 bridgehead atoms. The van der Waals surface area contributed by atoms with E-state index in [1.165, 1.54) is 0 Å². The van der Waals surface area contributed by atoms with Gasteiger partial charge in [-0.15, -0.1) is 0 Å². The normalized spacial score (nSPS) is 32.7. The molecule has 0 aromatic carbocycles. The lowest BCUT2D eigenvalue weighted by atomic mass is 9.72. The first-order chi connectivity index (χ1) is 6.10. The molecule has 1 aliphatic rings. The molecule has 0 radical (unpaired) electrons. The van der Waals surface area contributed by atoms with Crippen molar-refractivity contribution in [2.24, 2.45) is 5.73 Å². The van der Waals surface area contributed by atoms with Crippen LogP contribution >= 0.6 is 0 Å². The fourth-order valence-electron chi connectivity index (χ4n) is 1.85. The van der Waals surface area contributed by atoms with E-state index in [0.29, 0.717) is 12.8 Å². The van der Waals surface area contributed by atoms with Crippen LogP contribution in [0.25, 0.3) is 0 Å². The molecule has 0 atom stereocenters. The molecular formula is C10H14N2O. The van der Waals surface area contributed by atoms with Crippen molar-refractivity contribution in [3.63, 3.8) is 0 Å². The predicted octanol–water partition coefficient (Wildman–Crippen LogP) is 0.699. The minimum Gasteiger partial charge on any atom is -0.385 e. The maximum absolute atomic E-state index is 10.1. The Bertz CT molecular complexity index is 318. The highest BCUT2D eigenvalue weighted by Crippen LogP contribution is 2.39.